The van der Waals surface area contributed by atoms with E-state index in [0.717, 1.165) is 42.2 Å². The molecule has 0 bridgehead atoms. The molecule has 0 saturated heterocycles. The Kier molecular flexibility index (Phi) is 4.56. The molecule has 0 spiro atoms. The number of anilines is 1. The summed E-state index contributed by atoms with van der Waals surface area (Å²) in [5.74, 6) is 0.698. The van der Waals surface area contributed by atoms with E-state index in [2.05, 4.69) is 11.1 Å². The summed E-state index contributed by atoms with van der Waals surface area (Å²) < 4.78 is 0. The van der Waals surface area contributed by atoms with E-state index >= 15 is 0 Å². The molecule has 3 nitrogen and oxygen atoms in total. The van der Waals surface area contributed by atoms with Crippen LogP contribution in [0, 0.1) is 0 Å². The first-order valence-electron chi connectivity index (χ1n) is 7.15. The minimum atomic E-state index is 0.231. The molecule has 0 atom stereocenters. The van der Waals surface area contributed by atoms with Crippen LogP contribution in [0.4, 0.5) is 5.69 Å². The van der Waals surface area contributed by atoms with Crippen molar-refractivity contribution in [3.05, 3.63) is 45.9 Å². The van der Waals surface area contributed by atoms with Gasteiger partial charge in [-0.15, -0.1) is 22.9 Å². The Morgan fingerprint density at radius 2 is 2.14 bits per heavy atom. The molecule has 1 aliphatic heterocycles. The molecule has 110 valence electrons. The van der Waals surface area contributed by atoms with Crippen LogP contribution in [-0.4, -0.2) is 17.4 Å². The normalized spacial score (nSPS) is 14.3. The number of halogens is 1. The molecule has 1 aliphatic rings. The lowest BCUT2D eigenvalue weighted by Gasteiger charge is -2.29. The third-order valence-electron chi connectivity index (χ3n) is 3.70. The number of nitrogens with zero attached hydrogens (tertiary/aromatic N) is 2. The van der Waals surface area contributed by atoms with Gasteiger partial charge in [0.2, 0.25) is 5.91 Å². The topological polar surface area (TPSA) is 33.2 Å². The third kappa shape index (κ3) is 3.27. The first-order chi connectivity index (χ1) is 10.3. The second-order valence-corrected chi connectivity index (χ2v) is 6.35. The summed E-state index contributed by atoms with van der Waals surface area (Å²) >= 11 is 7.41. The van der Waals surface area contributed by atoms with Crippen molar-refractivity contribution in [2.75, 3.05) is 11.4 Å². The maximum Gasteiger partial charge on any atom is 0.227 e. The first kappa shape index (κ1) is 14.5. The quantitative estimate of drug-likeness (QED) is 0.785. The fourth-order valence-electron chi connectivity index (χ4n) is 2.66. The fraction of sp³-hybridized carbons (Fsp3) is 0.375. The molecule has 1 amide bonds. The van der Waals surface area contributed by atoms with Crippen molar-refractivity contribution in [3.63, 3.8) is 0 Å². The number of para-hydroxylation sites is 1. The van der Waals surface area contributed by atoms with Crippen LogP contribution in [0.1, 0.15) is 29.1 Å². The molecule has 2 heterocycles. The summed E-state index contributed by atoms with van der Waals surface area (Å²) in [7, 11) is 0. The van der Waals surface area contributed by atoms with Gasteiger partial charge in [0.15, 0.2) is 0 Å². The number of hydrogen-bond acceptors (Lipinski definition) is 3. The monoisotopic (exact) mass is 320 g/mol. The van der Waals surface area contributed by atoms with E-state index in [1.165, 1.54) is 5.56 Å². The predicted molar refractivity (Wildman–Crippen MR) is 87.1 cm³/mol. The molecule has 1 aromatic carbocycles. The Hall–Kier alpha value is -1.39. The summed E-state index contributed by atoms with van der Waals surface area (Å²) in [5.41, 5.74) is 3.29. The van der Waals surface area contributed by atoms with E-state index in [9.17, 15) is 4.79 Å². The number of rotatable bonds is 5. The number of thiazole rings is 1. The SMILES string of the molecule is O=C1CCc2ccccc2N1CCCc1nc(CCl)cs1. The zero-order valence-corrected chi connectivity index (χ0v) is 13.3. The standard InChI is InChI=1S/C16H17ClN2OS/c17-10-13-11-21-15(18-13)6-3-9-19-14-5-2-1-4-12(14)7-8-16(19)20/h1-2,4-5,11H,3,6-10H2. The number of fused-ring (bicyclic) bond motifs is 1. The van der Waals surface area contributed by atoms with Gasteiger partial charge in [-0.3, -0.25) is 4.79 Å². The maximum absolute atomic E-state index is 12.1. The molecule has 0 radical (unpaired) electrons. The van der Waals surface area contributed by atoms with E-state index in [1.807, 2.05) is 28.5 Å². The molecule has 2 aromatic rings. The van der Waals surface area contributed by atoms with E-state index in [4.69, 9.17) is 11.6 Å². The third-order valence-corrected chi connectivity index (χ3v) is 4.93. The number of carbonyl (C=O) groups excluding carboxylic acids is 1. The Bertz CT molecular complexity index is 641. The lowest BCUT2D eigenvalue weighted by atomic mass is 10.0. The zero-order chi connectivity index (χ0) is 14.7. The Balaban J connectivity index is 1.63. The molecule has 1 aromatic heterocycles. The van der Waals surface area contributed by atoms with Crippen LogP contribution >= 0.6 is 22.9 Å². The van der Waals surface area contributed by atoms with Gasteiger partial charge < -0.3 is 4.90 Å². The van der Waals surface area contributed by atoms with Crippen LogP contribution in [0.3, 0.4) is 0 Å². The molecule has 0 N–H and O–H groups in total. The Labute approximate surface area is 133 Å². The van der Waals surface area contributed by atoms with Crippen LogP contribution in [0.25, 0.3) is 0 Å². The van der Waals surface area contributed by atoms with Crippen LogP contribution < -0.4 is 4.90 Å². The summed E-state index contributed by atoms with van der Waals surface area (Å²) in [4.78, 5) is 18.5. The van der Waals surface area contributed by atoms with Crippen molar-refractivity contribution in [2.24, 2.45) is 0 Å². The Morgan fingerprint density at radius 3 is 2.95 bits per heavy atom. The fourth-order valence-corrected chi connectivity index (χ4v) is 3.72. The van der Waals surface area contributed by atoms with Crippen molar-refractivity contribution in [1.82, 2.24) is 4.98 Å². The number of hydrogen-bond donors (Lipinski definition) is 0. The van der Waals surface area contributed by atoms with Crippen LogP contribution in [0.15, 0.2) is 29.6 Å². The number of aromatic nitrogens is 1. The lowest BCUT2D eigenvalue weighted by Crippen LogP contribution is -2.36. The van der Waals surface area contributed by atoms with Gasteiger partial charge in [0.25, 0.3) is 0 Å². The molecular formula is C16H17ClN2OS. The van der Waals surface area contributed by atoms with Gasteiger partial charge in [0.1, 0.15) is 0 Å². The van der Waals surface area contributed by atoms with Crippen LogP contribution in [0.5, 0.6) is 0 Å². The van der Waals surface area contributed by atoms with Crippen LogP contribution in [0.2, 0.25) is 0 Å². The smallest absolute Gasteiger partial charge is 0.227 e. The number of amides is 1. The van der Waals surface area contributed by atoms with E-state index < -0.39 is 0 Å². The van der Waals surface area contributed by atoms with Crippen molar-refractivity contribution in [1.29, 1.82) is 0 Å². The second-order valence-electron chi connectivity index (χ2n) is 5.14. The molecular weight excluding hydrogens is 304 g/mol. The van der Waals surface area contributed by atoms with Gasteiger partial charge >= 0.3 is 0 Å². The van der Waals surface area contributed by atoms with Gasteiger partial charge in [-0.25, -0.2) is 4.98 Å². The predicted octanol–water partition coefficient (Wildman–Crippen LogP) is 3.79. The highest BCUT2D eigenvalue weighted by molar-refractivity contribution is 7.09. The van der Waals surface area contributed by atoms with Crippen molar-refractivity contribution in [3.8, 4) is 0 Å². The van der Waals surface area contributed by atoms with Crippen molar-refractivity contribution < 1.29 is 4.79 Å². The molecule has 5 heteroatoms. The van der Waals surface area contributed by atoms with E-state index in [0.29, 0.717) is 12.3 Å². The average molecular weight is 321 g/mol. The summed E-state index contributed by atoms with van der Waals surface area (Å²) in [5, 5.41) is 3.10. The highest BCUT2D eigenvalue weighted by atomic mass is 35.5. The summed E-state index contributed by atoms with van der Waals surface area (Å²) in [6, 6.07) is 8.19. The minimum Gasteiger partial charge on any atom is -0.312 e. The van der Waals surface area contributed by atoms with E-state index in [-0.39, 0.29) is 5.91 Å². The van der Waals surface area contributed by atoms with Gasteiger partial charge in [0, 0.05) is 30.5 Å². The van der Waals surface area contributed by atoms with Gasteiger partial charge in [-0.2, -0.15) is 0 Å². The average Bonchev–Trinajstić information content (AvgIpc) is 2.97. The van der Waals surface area contributed by atoms with Crippen LogP contribution in [-0.2, 0) is 23.5 Å². The van der Waals surface area contributed by atoms with Gasteiger partial charge in [-0.05, 0) is 24.5 Å². The van der Waals surface area contributed by atoms with Crippen molar-refractivity contribution >= 4 is 34.5 Å². The maximum atomic E-state index is 12.1. The summed E-state index contributed by atoms with van der Waals surface area (Å²) in [6.07, 6.45) is 3.30. The first-order valence-corrected chi connectivity index (χ1v) is 8.57. The molecule has 0 fully saturated rings. The molecule has 0 saturated carbocycles. The number of alkyl halides is 1. The molecule has 21 heavy (non-hydrogen) atoms. The minimum absolute atomic E-state index is 0.231. The van der Waals surface area contributed by atoms with Gasteiger partial charge in [0.05, 0.1) is 16.6 Å². The highest BCUT2D eigenvalue weighted by Crippen LogP contribution is 2.27. The summed E-state index contributed by atoms with van der Waals surface area (Å²) in [6.45, 7) is 0.756. The number of benzene rings is 1. The highest BCUT2D eigenvalue weighted by Gasteiger charge is 2.23. The largest absolute Gasteiger partial charge is 0.312 e. The Morgan fingerprint density at radius 1 is 1.29 bits per heavy atom. The lowest BCUT2D eigenvalue weighted by molar-refractivity contribution is -0.118. The molecule has 0 unspecified atom stereocenters. The molecule has 3 rings (SSSR count). The number of aryl methyl sites for hydroxylation is 2. The second kappa shape index (κ2) is 6.58. The van der Waals surface area contributed by atoms with Crippen molar-refractivity contribution in [2.45, 2.75) is 31.6 Å². The number of carbonyl (C=O) groups is 1. The van der Waals surface area contributed by atoms with E-state index in [1.54, 1.807) is 11.3 Å². The molecule has 0 aliphatic carbocycles. The van der Waals surface area contributed by atoms with Gasteiger partial charge in [-0.1, -0.05) is 18.2 Å². The zero-order valence-electron chi connectivity index (χ0n) is 11.7.